The smallest absolute Gasteiger partial charge is 0.0709 e. The van der Waals surface area contributed by atoms with Crippen LogP contribution in [0.2, 0.25) is 0 Å². The van der Waals surface area contributed by atoms with Crippen LogP contribution in [-0.4, -0.2) is 9.97 Å². The first kappa shape index (κ1) is 48.7. The molecule has 362 valence electrons. The fraction of sp³-hybridized carbons (Fsp3) is 0.200. The molecule has 3 nitrogen and oxygen atoms in total. The van der Waals surface area contributed by atoms with Gasteiger partial charge in [-0.1, -0.05) is 189 Å². The van der Waals surface area contributed by atoms with Crippen molar-refractivity contribution in [3.8, 4) is 67.0 Å². The van der Waals surface area contributed by atoms with Crippen LogP contribution in [0.15, 0.2) is 200 Å². The van der Waals surface area contributed by atoms with E-state index in [1.54, 1.807) is 0 Å². The van der Waals surface area contributed by atoms with Crippen LogP contribution in [0.3, 0.4) is 0 Å². The lowest BCUT2D eigenvalue weighted by atomic mass is 9.83. The van der Waals surface area contributed by atoms with Crippen molar-refractivity contribution in [2.75, 3.05) is 4.90 Å². The number of benzene rings is 8. The number of pyridine rings is 2. The summed E-state index contributed by atoms with van der Waals surface area (Å²) in [6.45, 7) is 22.9. The van der Waals surface area contributed by atoms with E-state index in [0.29, 0.717) is 23.7 Å². The topological polar surface area (TPSA) is 29.0 Å². The molecule has 0 radical (unpaired) electrons. The predicted octanol–water partition coefficient (Wildman–Crippen LogP) is 20.2. The molecule has 0 atom stereocenters. The summed E-state index contributed by atoms with van der Waals surface area (Å²) in [6.07, 6.45) is 4.08. The quantitative estimate of drug-likeness (QED) is 0.115. The van der Waals surface area contributed by atoms with Gasteiger partial charge < -0.3 is 4.90 Å². The molecule has 0 spiro atoms. The number of hydrogen-bond acceptors (Lipinski definition) is 3. The first-order valence-electron chi connectivity index (χ1n) is 26.2. The van der Waals surface area contributed by atoms with Gasteiger partial charge in [0.05, 0.1) is 17.1 Å². The van der Waals surface area contributed by atoms with Gasteiger partial charge >= 0.3 is 0 Å². The molecule has 3 heteroatoms. The van der Waals surface area contributed by atoms with Crippen molar-refractivity contribution >= 4 is 27.8 Å². The van der Waals surface area contributed by atoms with Gasteiger partial charge in [-0.3, -0.25) is 9.97 Å². The molecule has 0 aliphatic rings. The third-order valence-corrected chi connectivity index (χ3v) is 14.7. The molecule has 0 amide bonds. The summed E-state index contributed by atoms with van der Waals surface area (Å²) < 4.78 is 0. The van der Waals surface area contributed by atoms with Crippen molar-refractivity contribution in [3.05, 3.63) is 234 Å². The van der Waals surface area contributed by atoms with Gasteiger partial charge in [0.25, 0.3) is 0 Å². The van der Waals surface area contributed by atoms with Crippen molar-refractivity contribution in [1.82, 2.24) is 9.97 Å². The fourth-order valence-electron chi connectivity index (χ4n) is 10.9. The third kappa shape index (κ3) is 9.77. The Balaban J connectivity index is 1.34. The van der Waals surface area contributed by atoms with Crippen LogP contribution in [0.5, 0.6) is 0 Å². The number of aromatic nitrogens is 2. The Morgan fingerprint density at radius 1 is 0.342 bits per heavy atom. The Labute approximate surface area is 434 Å². The van der Waals surface area contributed by atoms with E-state index in [2.05, 4.69) is 262 Å². The highest BCUT2D eigenvalue weighted by atomic mass is 15.1. The zero-order valence-corrected chi connectivity index (χ0v) is 44.2. The van der Waals surface area contributed by atoms with Crippen LogP contribution in [0.4, 0.5) is 17.1 Å². The van der Waals surface area contributed by atoms with E-state index in [4.69, 9.17) is 9.97 Å². The molecule has 0 bridgehead atoms. The van der Waals surface area contributed by atoms with Crippen molar-refractivity contribution in [2.24, 2.45) is 0 Å². The molecule has 8 aromatic carbocycles. The zero-order valence-electron chi connectivity index (χ0n) is 44.2. The average molecular weight is 950 g/mol. The summed E-state index contributed by atoms with van der Waals surface area (Å²) in [5.74, 6) is 1.21. The van der Waals surface area contributed by atoms with Gasteiger partial charge in [-0.25, -0.2) is 0 Å². The summed E-state index contributed by atoms with van der Waals surface area (Å²) in [4.78, 5) is 13.0. The second-order valence-corrected chi connectivity index (χ2v) is 21.1. The van der Waals surface area contributed by atoms with E-state index in [9.17, 15) is 0 Å². The van der Waals surface area contributed by atoms with Gasteiger partial charge in [0, 0.05) is 40.3 Å². The zero-order chi connectivity index (χ0) is 50.9. The molecule has 0 aliphatic heterocycles. The van der Waals surface area contributed by atoms with E-state index in [1.807, 2.05) is 12.4 Å². The first-order valence-corrected chi connectivity index (χ1v) is 26.2. The number of aryl methyl sites for hydroxylation is 2. The lowest BCUT2D eigenvalue weighted by Gasteiger charge is -2.30. The Morgan fingerprint density at radius 2 is 0.712 bits per heavy atom. The van der Waals surface area contributed by atoms with Crippen LogP contribution in [-0.2, 0) is 0 Å². The van der Waals surface area contributed by atoms with E-state index >= 15 is 0 Å². The highest BCUT2D eigenvalue weighted by molar-refractivity contribution is 6.01. The lowest BCUT2D eigenvalue weighted by Crippen LogP contribution is -2.12. The van der Waals surface area contributed by atoms with Crippen LogP contribution >= 0.6 is 0 Å². The minimum absolute atomic E-state index is 0.301. The summed E-state index contributed by atoms with van der Waals surface area (Å²) in [6, 6.07) is 69.7. The number of anilines is 3. The normalized spacial score (nSPS) is 11.6. The molecule has 0 aliphatic carbocycles. The molecule has 10 rings (SSSR count). The Kier molecular flexibility index (Phi) is 13.8. The van der Waals surface area contributed by atoms with Crippen molar-refractivity contribution < 1.29 is 0 Å². The molecule has 2 aromatic heterocycles. The highest BCUT2D eigenvalue weighted by Crippen LogP contribution is 2.48. The predicted molar refractivity (Wildman–Crippen MR) is 313 cm³/mol. The van der Waals surface area contributed by atoms with Crippen LogP contribution in [0.1, 0.15) is 112 Å². The highest BCUT2D eigenvalue weighted by Gasteiger charge is 2.25. The van der Waals surface area contributed by atoms with E-state index in [1.165, 1.54) is 77.5 Å². The van der Waals surface area contributed by atoms with E-state index in [0.717, 1.165) is 50.7 Å². The summed E-state index contributed by atoms with van der Waals surface area (Å²) in [5.41, 5.74) is 24.4. The van der Waals surface area contributed by atoms with Crippen LogP contribution in [0.25, 0.3) is 77.8 Å². The molecule has 73 heavy (non-hydrogen) atoms. The SMILES string of the molecule is Cc1cnc(-c2cc(-c3c(C(C)C)cccc3C(C)C)cc(N(c3cc(-c4cc(-c5ccccc5)c(C)cn4)cc(-c4c(C(C)C)cccc4C(C)C)c3)c3cccc4ccccc34)c2)cc1-c1ccccc1. The molecular formula is C70H67N3. The Morgan fingerprint density at radius 3 is 1.14 bits per heavy atom. The molecule has 0 fully saturated rings. The monoisotopic (exact) mass is 950 g/mol. The maximum Gasteiger partial charge on any atom is 0.0709 e. The minimum atomic E-state index is 0.301. The molecule has 10 aromatic rings. The summed E-state index contributed by atoms with van der Waals surface area (Å²) >= 11 is 0. The van der Waals surface area contributed by atoms with Gasteiger partial charge in [0.1, 0.15) is 0 Å². The molecule has 2 heterocycles. The first-order chi connectivity index (χ1) is 35.3. The van der Waals surface area contributed by atoms with Crippen molar-refractivity contribution in [1.29, 1.82) is 0 Å². The maximum absolute atomic E-state index is 5.25. The number of nitrogens with zero attached hydrogens (tertiary/aromatic N) is 3. The Hall–Kier alpha value is -7.88. The molecule has 0 saturated carbocycles. The van der Waals surface area contributed by atoms with Crippen LogP contribution in [0, 0.1) is 13.8 Å². The number of fused-ring (bicyclic) bond motifs is 1. The van der Waals surface area contributed by atoms with E-state index in [-0.39, 0.29) is 0 Å². The standard InChI is InChI=1S/C70H67N3/c1-44(2)59-29-20-30-60(45(3)4)69(59)55-34-53(66-40-64(48(9)42-71-66)51-22-13-11-14-23-51)36-57(38-55)73(68-33-19-27-50-26-17-18-28-63(50)68)58-37-54(67-41-65(49(10)43-72-67)52-24-15-12-16-25-52)35-56(39-58)70-61(46(5)6)31-21-32-62(70)47(7)8/h11-47H,1-10H3. The van der Waals surface area contributed by atoms with Gasteiger partial charge in [-0.05, 0) is 175 Å². The van der Waals surface area contributed by atoms with E-state index < -0.39 is 0 Å². The maximum atomic E-state index is 5.25. The molecular weight excluding hydrogens is 883 g/mol. The van der Waals surface area contributed by atoms with Gasteiger partial charge in [-0.2, -0.15) is 0 Å². The average Bonchev–Trinajstić information content (AvgIpc) is 3.41. The van der Waals surface area contributed by atoms with Gasteiger partial charge in [-0.15, -0.1) is 0 Å². The van der Waals surface area contributed by atoms with Crippen molar-refractivity contribution in [2.45, 2.75) is 92.9 Å². The molecule has 0 saturated heterocycles. The van der Waals surface area contributed by atoms with Gasteiger partial charge in [0.2, 0.25) is 0 Å². The number of rotatable bonds is 13. The second-order valence-electron chi connectivity index (χ2n) is 21.1. The third-order valence-electron chi connectivity index (χ3n) is 14.7. The molecule has 0 N–H and O–H groups in total. The summed E-state index contributed by atoms with van der Waals surface area (Å²) in [5, 5.41) is 2.34. The second kappa shape index (κ2) is 20.7. The largest absolute Gasteiger partial charge is 0.310 e. The lowest BCUT2D eigenvalue weighted by molar-refractivity contribution is 0.838. The Bertz CT molecular complexity index is 3340. The summed E-state index contributed by atoms with van der Waals surface area (Å²) in [7, 11) is 0. The van der Waals surface area contributed by atoms with Crippen LogP contribution < -0.4 is 4.90 Å². The number of hydrogen-bond donors (Lipinski definition) is 0. The fourth-order valence-corrected chi connectivity index (χ4v) is 10.9. The minimum Gasteiger partial charge on any atom is -0.310 e. The molecule has 0 unspecified atom stereocenters. The van der Waals surface area contributed by atoms with Gasteiger partial charge in [0.15, 0.2) is 0 Å². The van der Waals surface area contributed by atoms with Crippen molar-refractivity contribution in [3.63, 3.8) is 0 Å².